The predicted molar refractivity (Wildman–Crippen MR) is 150 cm³/mol. The van der Waals surface area contributed by atoms with Crippen molar-refractivity contribution < 1.29 is 17.9 Å². The minimum atomic E-state index is -3.53. The third-order valence-electron chi connectivity index (χ3n) is 5.56. The Morgan fingerprint density at radius 1 is 1.05 bits per heavy atom. The highest BCUT2D eigenvalue weighted by Crippen LogP contribution is 2.30. The van der Waals surface area contributed by atoms with Crippen LogP contribution < -0.4 is 25.8 Å². The molecule has 0 radical (unpaired) electrons. The van der Waals surface area contributed by atoms with Gasteiger partial charge in [0.2, 0.25) is 15.8 Å². The molecule has 38 heavy (non-hydrogen) atoms. The molecule has 5 N–H and O–H groups in total. The minimum absolute atomic E-state index is 0.0576. The van der Waals surface area contributed by atoms with Gasteiger partial charge in [-0.1, -0.05) is 24.3 Å². The average molecular weight is 550 g/mol. The van der Waals surface area contributed by atoms with E-state index in [2.05, 4.69) is 30.3 Å². The number of anilines is 4. The third-order valence-corrected chi connectivity index (χ3v) is 7.08. The van der Waals surface area contributed by atoms with Crippen molar-refractivity contribution in [3.8, 4) is 5.75 Å². The van der Waals surface area contributed by atoms with Gasteiger partial charge >= 0.3 is 0 Å². The lowest BCUT2D eigenvalue weighted by atomic mass is 10.1. The fourth-order valence-electron chi connectivity index (χ4n) is 3.90. The summed E-state index contributed by atoms with van der Waals surface area (Å²) in [7, 11) is -2.03. The molecule has 5 aromatic rings. The van der Waals surface area contributed by atoms with Crippen LogP contribution in [0.2, 0.25) is 0 Å². The molecule has 2 aromatic carbocycles. The average Bonchev–Trinajstić information content (AvgIpc) is 3.36. The number of hydrogen-bond donors (Lipinski definition) is 4. The number of methoxy groups -OCH3 is 1. The molecule has 0 atom stereocenters. The first-order chi connectivity index (χ1) is 18.2. The lowest BCUT2D eigenvalue weighted by molar-refractivity contribution is 0.101. The van der Waals surface area contributed by atoms with Gasteiger partial charge in [0.05, 0.1) is 47.2 Å². The van der Waals surface area contributed by atoms with Crippen LogP contribution in [0.25, 0.3) is 21.0 Å². The molecule has 0 saturated carbocycles. The van der Waals surface area contributed by atoms with Gasteiger partial charge in [-0.2, -0.15) is 0 Å². The first kappa shape index (κ1) is 25.2. The Hall–Kier alpha value is -4.49. The first-order valence-electron chi connectivity index (χ1n) is 11.3. The number of carbonyl (C=O) groups excluding carboxylic acids is 1. The molecule has 11 nitrogen and oxygen atoms in total. The van der Waals surface area contributed by atoms with Crippen LogP contribution in [0.3, 0.4) is 0 Å². The highest BCUT2D eigenvalue weighted by molar-refractivity contribution is 7.92. The number of benzene rings is 2. The summed E-state index contributed by atoms with van der Waals surface area (Å²) in [6.07, 6.45) is 1.07. The summed E-state index contributed by atoms with van der Waals surface area (Å²) in [5, 5.41) is 9.56. The number of pyridine rings is 1. The lowest BCUT2D eigenvalue weighted by Crippen LogP contribution is -2.18. The van der Waals surface area contributed by atoms with Gasteiger partial charge in [0.1, 0.15) is 17.4 Å². The number of aromatic nitrogens is 3. The lowest BCUT2D eigenvalue weighted by Gasteiger charge is -2.15. The predicted octanol–water partition coefficient (Wildman–Crippen LogP) is 4.07. The maximum absolute atomic E-state index is 13.0. The summed E-state index contributed by atoms with van der Waals surface area (Å²) >= 11 is 1.41. The van der Waals surface area contributed by atoms with Gasteiger partial charge in [0.15, 0.2) is 0 Å². The Kier molecular flexibility index (Phi) is 6.70. The van der Waals surface area contributed by atoms with E-state index in [1.54, 1.807) is 30.3 Å². The molecule has 0 saturated heterocycles. The van der Waals surface area contributed by atoms with Gasteiger partial charge < -0.3 is 21.1 Å². The van der Waals surface area contributed by atoms with Gasteiger partial charge in [0, 0.05) is 11.5 Å². The first-order valence-corrected chi connectivity index (χ1v) is 14.1. The van der Waals surface area contributed by atoms with Crippen LogP contribution in [-0.2, 0) is 16.6 Å². The van der Waals surface area contributed by atoms with Gasteiger partial charge in [0.25, 0.3) is 5.91 Å². The van der Waals surface area contributed by atoms with Crippen molar-refractivity contribution in [2.75, 3.05) is 34.5 Å². The van der Waals surface area contributed by atoms with E-state index < -0.39 is 15.9 Å². The molecule has 0 aliphatic heterocycles. The summed E-state index contributed by atoms with van der Waals surface area (Å²) in [5.41, 5.74) is 8.10. The van der Waals surface area contributed by atoms with Crippen LogP contribution >= 0.6 is 11.3 Å². The molecule has 0 fully saturated rings. The van der Waals surface area contributed by atoms with Crippen molar-refractivity contribution in [3.05, 3.63) is 71.5 Å². The van der Waals surface area contributed by atoms with Crippen LogP contribution in [0.15, 0.2) is 60.0 Å². The van der Waals surface area contributed by atoms with Crippen LogP contribution in [0, 0.1) is 0 Å². The fourth-order valence-corrected chi connectivity index (χ4v) is 5.20. The molecule has 3 aromatic heterocycles. The normalized spacial score (nSPS) is 11.4. The van der Waals surface area contributed by atoms with E-state index >= 15 is 0 Å². The van der Waals surface area contributed by atoms with E-state index in [4.69, 9.17) is 10.5 Å². The second-order valence-corrected chi connectivity index (χ2v) is 11.0. The summed E-state index contributed by atoms with van der Waals surface area (Å²) in [4.78, 5) is 26.1. The van der Waals surface area contributed by atoms with E-state index in [0.717, 1.165) is 21.7 Å². The number of nitrogens with one attached hydrogen (secondary N) is 3. The number of rotatable bonds is 8. The zero-order valence-electron chi connectivity index (χ0n) is 20.3. The second kappa shape index (κ2) is 10.1. The summed E-state index contributed by atoms with van der Waals surface area (Å²) in [6.45, 7) is 0.235. The Morgan fingerprint density at radius 3 is 2.66 bits per heavy atom. The van der Waals surface area contributed by atoms with Gasteiger partial charge in [-0.25, -0.2) is 23.4 Å². The summed E-state index contributed by atoms with van der Waals surface area (Å²) in [5.74, 6) is 0.448. The molecule has 5 rings (SSSR count). The standard InChI is InChI=1S/C25H23N7O4S2/c1-36-15-7-8-17(19(12-15)32-38(2,34)35)27-13-20-16-6-4-3-5-14(16)11-21(28-20)30-25(33)24-29-18-9-10-37-22(18)23(26)31-24/h3-12,27,32H,13H2,1-2H3,(H2,26,29,31)(H,28,30,33). The number of fused-ring (bicyclic) bond motifs is 2. The molecule has 0 aliphatic rings. The molecular formula is C25H23N7O4S2. The smallest absolute Gasteiger partial charge is 0.294 e. The minimum Gasteiger partial charge on any atom is -0.497 e. The summed E-state index contributed by atoms with van der Waals surface area (Å²) < 4.78 is 32.2. The fraction of sp³-hybridized carbons (Fsp3) is 0.120. The molecule has 194 valence electrons. The number of nitrogen functional groups attached to an aromatic ring is 1. The van der Waals surface area contributed by atoms with Crippen molar-refractivity contribution in [1.82, 2.24) is 15.0 Å². The Labute approximate surface area is 222 Å². The zero-order valence-corrected chi connectivity index (χ0v) is 22.0. The molecule has 1 amide bonds. The molecule has 13 heteroatoms. The highest BCUT2D eigenvalue weighted by Gasteiger charge is 2.16. The number of hydrogen-bond acceptors (Lipinski definition) is 10. The van der Waals surface area contributed by atoms with Crippen molar-refractivity contribution >= 4 is 71.3 Å². The SMILES string of the molecule is COc1ccc(NCc2nc(NC(=O)c3nc(N)c4sccc4n3)cc3ccccc23)c(NS(C)(=O)=O)c1. The van der Waals surface area contributed by atoms with Crippen LogP contribution in [0.1, 0.15) is 16.3 Å². The second-order valence-electron chi connectivity index (χ2n) is 8.34. The van der Waals surface area contributed by atoms with Crippen LogP contribution in [0.4, 0.5) is 23.0 Å². The molecule has 0 spiro atoms. The molecule has 0 unspecified atom stereocenters. The maximum atomic E-state index is 13.0. The molecular weight excluding hydrogens is 526 g/mol. The topological polar surface area (TPSA) is 161 Å². The Bertz CT molecular complexity index is 1790. The van der Waals surface area contributed by atoms with E-state index in [1.807, 2.05) is 29.6 Å². The number of carbonyl (C=O) groups is 1. The number of nitrogens with two attached hydrogens (primary N) is 1. The monoisotopic (exact) mass is 549 g/mol. The van der Waals surface area contributed by atoms with Gasteiger partial charge in [-0.05, 0) is 35.0 Å². The number of amides is 1. The van der Waals surface area contributed by atoms with E-state index in [-0.39, 0.29) is 18.2 Å². The van der Waals surface area contributed by atoms with Crippen molar-refractivity contribution in [2.45, 2.75) is 6.54 Å². The molecule has 3 heterocycles. The van der Waals surface area contributed by atoms with Crippen molar-refractivity contribution in [2.24, 2.45) is 0 Å². The largest absolute Gasteiger partial charge is 0.497 e. The highest BCUT2D eigenvalue weighted by atomic mass is 32.2. The van der Waals surface area contributed by atoms with E-state index in [0.29, 0.717) is 34.2 Å². The van der Waals surface area contributed by atoms with E-state index in [9.17, 15) is 13.2 Å². The van der Waals surface area contributed by atoms with Crippen LogP contribution in [-0.4, -0.2) is 42.6 Å². The maximum Gasteiger partial charge on any atom is 0.294 e. The molecule has 0 bridgehead atoms. The van der Waals surface area contributed by atoms with Gasteiger partial charge in [-0.15, -0.1) is 11.3 Å². The van der Waals surface area contributed by atoms with Crippen molar-refractivity contribution in [1.29, 1.82) is 0 Å². The number of nitrogens with zero attached hydrogens (tertiary/aromatic N) is 3. The zero-order chi connectivity index (χ0) is 26.9. The molecule has 0 aliphatic carbocycles. The van der Waals surface area contributed by atoms with Crippen LogP contribution in [0.5, 0.6) is 5.75 Å². The Balaban J connectivity index is 1.44. The number of ether oxygens (including phenoxy) is 1. The van der Waals surface area contributed by atoms with Gasteiger partial charge in [-0.3, -0.25) is 9.52 Å². The van der Waals surface area contributed by atoms with E-state index in [1.165, 1.54) is 18.4 Å². The van der Waals surface area contributed by atoms with Crippen molar-refractivity contribution in [3.63, 3.8) is 0 Å². The third kappa shape index (κ3) is 5.43. The number of sulfonamides is 1. The quantitative estimate of drug-likeness (QED) is 0.224. The summed E-state index contributed by atoms with van der Waals surface area (Å²) in [6, 6.07) is 16.2. The number of thiophene rings is 1. The Morgan fingerprint density at radius 2 is 1.87 bits per heavy atom.